The summed E-state index contributed by atoms with van der Waals surface area (Å²) in [6.07, 6.45) is -1.38. The van der Waals surface area contributed by atoms with Crippen molar-refractivity contribution in [3.63, 3.8) is 0 Å². The largest absolute Gasteiger partial charge is 0.243 e. The van der Waals surface area contributed by atoms with Crippen LogP contribution in [0.15, 0.2) is 29.2 Å². The van der Waals surface area contributed by atoms with Crippen molar-refractivity contribution >= 4 is 10.0 Å². The van der Waals surface area contributed by atoms with Gasteiger partial charge in [-0.2, -0.15) is 4.31 Å². The maximum Gasteiger partial charge on any atom is 0.243 e. The summed E-state index contributed by atoms with van der Waals surface area (Å²) in [6.45, 7) is 1.78. The van der Waals surface area contributed by atoms with Crippen LogP contribution in [0.3, 0.4) is 0 Å². The first kappa shape index (κ1) is 7.43. The van der Waals surface area contributed by atoms with Crippen LogP contribution in [0.25, 0.3) is 0 Å². The van der Waals surface area contributed by atoms with E-state index in [0.717, 1.165) is 9.87 Å². The fourth-order valence-corrected chi connectivity index (χ4v) is 2.53. The van der Waals surface area contributed by atoms with Crippen LogP contribution < -0.4 is 0 Å². The SMILES string of the molecule is [2H]C1([2H])CN(S(=O)(=O)c2ccc(C)cc2)C1. The molecule has 14 heavy (non-hydrogen) atoms. The summed E-state index contributed by atoms with van der Waals surface area (Å²) in [5, 5.41) is 0. The molecule has 1 aliphatic rings. The van der Waals surface area contributed by atoms with Gasteiger partial charge in [-0.3, -0.25) is 0 Å². The van der Waals surface area contributed by atoms with Gasteiger partial charge in [0.25, 0.3) is 0 Å². The Labute approximate surface area is 87.2 Å². The Hall–Kier alpha value is -0.870. The van der Waals surface area contributed by atoms with E-state index in [1.165, 1.54) is 0 Å². The van der Waals surface area contributed by atoms with E-state index in [0.29, 0.717) is 0 Å². The van der Waals surface area contributed by atoms with E-state index in [1.807, 2.05) is 6.92 Å². The van der Waals surface area contributed by atoms with Gasteiger partial charge in [-0.1, -0.05) is 17.7 Å². The molecule has 1 heterocycles. The lowest BCUT2D eigenvalue weighted by atomic mass is 10.2. The zero-order valence-corrected chi connectivity index (χ0v) is 8.71. The summed E-state index contributed by atoms with van der Waals surface area (Å²) in [6, 6.07) is 6.58. The van der Waals surface area contributed by atoms with Gasteiger partial charge in [0.1, 0.15) is 0 Å². The predicted octanol–water partition coefficient (Wildman–Crippen LogP) is 1.39. The standard InChI is InChI=1S/C10H13NO2S/c1-9-3-5-10(6-4-9)14(12,13)11-7-2-8-11/h3-6H,2,7-8H2,1H3/i2D2. The number of hydrogen-bond donors (Lipinski definition) is 0. The summed E-state index contributed by atoms with van der Waals surface area (Å²) in [4.78, 5) is 0.230. The van der Waals surface area contributed by atoms with E-state index in [2.05, 4.69) is 0 Å². The van der Waals surface area contributed by atoms with E-state index in [9.17, 15) is 8.42 Å². The molecular formula is C10H13NO2S. The summed E-state index contributed by atoms with van der Waals surface area (Å²) in [5.41, 5.74) is 0.998. The van der Waals surface area contributed by atoms with Crippen LogP contribution in [-0.4, -0.2) is 25.8 Å². The average molecular weight is 213 g/mol. The number of benzene rings is 1. The first-order chi connectivity index (χ1) is 7.31. The molecule has 0 unspecified atom stereocenters. The van der Waals surface area contributed by atoms with Gasteiger partial charge in [0.2, 0.25) is 10.0 Å². The fraction of sp³-hybridized carbons (Fsp3) is 0.400. The monoisotopic (exact) mass is 213 g/mol. The number of rotatable bonds is 2. The van der Waals surface area contributed by atoms with Gasteiger partial charge in [0.15, 0.2) is 0 Å². The van der Waals surface area contributed by atoms with Gasteiger partial charge in [-0.15, -0.1) is 0 Å². The van der Waals surface area contributed by atoms with E-state index >= 15 is 0 Å². The van der Waals surface area contributed by atoms with Crippen molar-refractivity contribution < 1.29 is 11.2 Å². The minimum absolute atomic E-state index is 0.0524. The molecule has 0 aliphatic carbocycles. The molecular weight excluding hydrogens is 198 g/mol. The molecule has 1 saturated heterocycles. The van der Waals surface area contributed by atoms with E-state index in [1.54, 1.807) is 24.3 Å². The second kappa shape index (κ2) is 3.37. The quantitative estimate of drug-likeness (QED) is 0.744. The van der Waals surface area contributed by atoms with Gasteiger partial charge in [-0.25, -0.2) is 8.42 Å². The first-order valence-corrected chi connectivity index (χ1v) is 5.82. The van der Waals surface area contributed by atoms with Crippen molar-refractivity contribution in [1.82, 2.24) is 4.31 Å². The van der Waals surface area contributed by atoms with Crippen LogP contribution in [-0.2, 0) is 10.0 Å². The number of hydrogen-bond acceptors (Lipinski definition) is 2. The lowest BCUT2D eigenvalue weighted by Crippen LogP contribution is -2.41. The van der Waals surface area contributed by atoms with Crippen LogP contribution in [0, 0.1) is 6.92 Å². The Morgan fingerprint density at radius 2 is 1.86 bits per heavy atom. The molecule has 0 saturated carbocycles. The highest BCUT2D eigenvalue weighted by Crippen LogP contribution is 2.20. The molecule has 76 valence electrons. The number of aryl methyl sites for hydroxylation is 1. The molecule has 2 rings (SSSR count). The summed E-state index contributed by atoms with van der Waals surface area (Å²) >= 11 is 0. The summed E-state index contributed by atoms with van der Waals surface area (Å²) < 4.78 is 39.8. The van der Waals surface area contributed by atoms with Crippen LogP contribution in [0.1, 0.15) is 14.7 Å². The molecule has 0 atom stereocenters. The normalized spacial score (nSPS) is 23.5. The van der Waals surface area contributed by atoms with Crippen molar-refractivity contribution in [3.8, 4) is 0 Å². The second-order valence-electron chi connectivity index (χ2n) is 3.34. The first-order valence-electron chi connectivity index (χ1n) is 5.38. The van der Waals surface area contributed by atoms with Gasteiger partial charge in [-0.05, 0) is 25.4 Å². The zero-order chi connectivity index (χ0) is 12.0. The highest BCUT2D eigenvalue weighted by molar-refractivity contribution is 7.89. The van der Waals surface area contributed by atoms with Gasteiger partial charge in [0.05, 0.1) is 4.90 Å². The highest BCUT2D eigenvalue weighted by atomic mass is 32.2. The summed E-state index contributed by atoms with van der Waals surface area (Å²) in [5.74, 6) is 0. The van der Waals surface area contributed by atoms with Crippen molar-refractivity contribution in [2.24, 2.45) is 0 Å². The molecule has 0 radical (unpaired) electrons. The lowest BCUT2D eigenvalue weighted by Gasteiger charge is -2.29. The predicted molar refractivity (Wildman–Crippen MR) is 54.6 cm³/mol. The molecule has 0 spiro atoms. The highest BCUT2D eigenvalue weighted by Gasteiger charge is 2.28. The minimum Gasteiger partial charge on any atom is -0.207 e. The van der Waals surface area contributed by atoms with E-state index in [-0.39, 0.29) is 18.0 Å². The number of sulfonamides is 1. The third-order valence-electron chi connectivity index (χ3n) is 2.24. The Kier molecular flexibility index (Phi) is 1.79. The molecule has 0 amide bonds. The van der Waals surface area contributed by atoms with Gasteiger partial charge in [0, 0.05) is 15.8 Å². The fourth-order valence-electron chi connectivity index (χ4n) is 1.23. The van der Waals surface area contributed by atoms with Crippen molar-refractivity contribution in [2.45, 2.75) is 18.2 Å². The molecule has 1 fully saturated rings. The summed E-state index contributed by atoms with van der Waals surface area (Å²) in [7, 11) is -3.50. The van der Waals surface area contributed by atoms with Crippen molar-refractivity contribution in [3.05, 3.63) is 29.8 Å². The Balaban J connectivity index is 2.24. The van der Waals surface area contributed by atoms with Crippen LogP contribution in [0.4, 0.5) is 0 Å². The Morgan fingerprint density at radius 1 is 1.29 bits per heavy atom. The molecule has 0 N–H and O–H groups in total. The molecule has 0 bridgehead atoms. The van der Waals surface area contributed by atoms with Crippen molar-refractivity contribution in [2.75, 3.05) is 13.1 Å². The van der Waals surface area contributed by atoms with Gasteiger partial charge >= 0.3 is 0 Å². The molecule has 1 aliphatic heterocycles. The van der Waals surface area contributed by atoms with Gasteiger partial charge < -0.3 is 0 Å². The molecule has 1 aromatic carbocycles. The third-order valence-corrected chi connectivity index (χ3v) is 4.04. The van der Waals surface area contributed by atoms with Crippen molar-refractivity contribution in [1.29, 1.82) is 0 Å². The Morgan fingerprint density at radius 3 is 2.36 bits per heavy atom. The maximum atomic E-state index is 12.0. The van der Waals surface area contributed by atoms with Crippen LogP contribution in [0.5, 0.6) is 0 Å². The third kappa shape index (κ3) is 1.55. The smallest absolute Gasteiger partial charge is 0.207 e. The van der Waals surface area contributed by atoms with E-state index in [4.69, 9.17) is 2.74 Å². The lowest BCUT2D eigenvalue weighted by molar-refractivity contribution is 0.309. The molecule has 1 aromatic rings. The van der Waals surface area contributed by atoms with Crippen LogP contribution >= 0.6 is 0 Å². The minimum atomic E-state index is -3.50. The maximum absolute atomic E-state index is 12.0. The zero-order valence-electron chi connectivity index (χ0n) is 9.90. The molecule has 0 aromatic heterocycles. The average Bonchev–Trinajstić information content (AvgIpc) is 2.14. The Bertz CT molecular complexity index is 488. The second-order valence-corrected chi connectivity index (χ2v) is 5.27. The topological polar surface area (TPSA) is 37.4 Å². The molecule has 3 nitrogen and oxygen atoms in total. The van der Waals surface area contributed by atoms with E-state index < -0.39 is 16.4 Å². The number of nitrogens with zero attached hydrogens (tertiary/aromatic N) is 1. The van der Waals surface area contributed by atoms with Crippen LogP contribution in [0.2, 0.25) is 0 Å². The molecule has 4 heteroatoms.